The number of likely N-dealkylation sites (N-methyl/N-ethyl adjacent to an activating group) is 1. The molecule has 9 nitrogen and oxygen atoms in total. The van der Waals surface area contributed by atoms with Crippen molar-refractivity contribution in [3.05, 3.63) is 30.0 Å². The third-order valence-corrected chi connectivity index (χ3v) is 3.69. The minimum absolute atomic E-state index is 0.102. The Labute approximate surface area is 149 Å². The summed E-state index contributed by atoms with van der Waals surface area (Å²) >= 11 is 1.20. The summed E-state index contributed by atoms with van der Waals surface area (Å²) < 4.78 is 5.76. The number of thiazole rings is 1. The quantitative estimate of drug-likeness (QED) is 0.575. The SMILES string of the molecule is CNC(=O)Cc1cc(NC(=O)NN(C)C)ccc1Oc1cnc(N)s1. The minimum Gasteiger partial charge on any atom is -0.445 e. The van der Waals surface area contributed by atoms with Crippen molar-refractivity contribution in [1.29, 1.82) is 0 Å². The van der Waals surface area contributed by atoms with E-state index in [1.54, 1.807) is 39.3 Å². The van der Waals surface area contributed by atoms with Gasteiger partial charge in [-0.25, -0.2) is 14.8 Å². The molecule has 0 atom stereocenters. The Balaban J connectivity index is 2.22. The van der Waals surface area contributed by atoms with Gasteiger partial charge in [0.15, 0.2) is 5.13 Å². The highest BCUT2D eigenvalue weighted by atomic mass is 32.1. The highest BCUT2D eigenvalue weighted by Gasteiger charge is 2.13. The van der Waals surface area contributed by atoms with Gasteiger partial charge in [-0.1, -0.05) is 11.3 Å². The lowest BCUT2D eigenvalue weighted by Crippen LogP contribution is -2.39. The molecule has 1 aromatic carbocycles. The van der Waals surface area contributed by atoms with Gasteiger partial charge in [-0.15, -0.1) is 0 Å². The number of hydrogen-bond donors (Lipinski definition) is 4. The van der Waals surface area contributed by atoms with Crippen LogP contribution in [-0.2, 0) is 11.2 Å². The predicted molar refractivity (Wildman–Crippen MR) is 96.7 cm³/mol. The molecule has 5 N–H and O–H groups in total. The number of carbonyl (C=O) groups is 2. The van der Waals surface area contributed by atoms with Gasteiger partial charge in [0, 0.05) is 32.4 Å². The molecule has 134 valence electrons. The summed E-state index contributed by atoms with van der Waals surface area (Å²) in [4.78, 5) is 27.5. The largest absolute Gasteiger partial charge is 0.445 e. The Bertz CT molecular complexity index is 761. The van der Waals surface area contributed by atoms with Crippen molar-refractivity contribution < 1.29 is 14.3 Å². The summed E-state index contributed by atoms with van der Waals surface area (Å²) in [5.41, 5.74) is 9.32. The number of rotatable bonds is 6. The van der Waals surface area contributed by atoms with Crippen molar-refractivity contribution in [3.63, 3.8) is 0 Å². The van der Waals surface area contributed by atoms with E-state index in [-0.39, 0.29) is 18.4 Å². The third-order valence-electron chi connectivity index (χ3n) is 2.99. The standard InChI is InChI=1S/C15H20N6O3S/c1-17-12(22)7-9-6-10(19-15(23)20-21(2)3)4-5-11(9)24-13-8-18-14(16)25-13/h4-6,8H,7H2,1-3H3,(H2,16,18)(H,17,22)(H2,19,20,23). The first kappa shape index (κ1) is 18.5. The summed E-state index contributed by atoms with van der Waals surface area (Å²) in [5, 5.41) is 7.68. The van der Waals surface area contributed by atoms with E-state index in [1.807, 2.05) is 0 Å². The molecule has 0 bridgehead atoms. The van der Waals surface area contributed by atoms with Crippen molar-refractivity contribution in [1.82, 2.24) is 20.7 Å². The second-order valence-electron chi connectivity index (χ2n) is 5.25. The number of carbonyl (C=O) groups excluding carboxylic acids is 2. The monoisotopic (exact) mass is 364 g/mol. The van der Waals surface area contributed by atoms with Crippen LogP contribution in [0.3, 0.4) is 0 Å². The van der Waals surface area contributed by atoms with Crippen molar-refractivity contribution in [3.8, 4) is 10.8 Å². The number of nitrogens with one attached hydrogen (secondary N) is 3. The van der Waals surface area contributed by atoms with Gasteiger partial charge in [0.2, 0.25) is 11.0 Å². The number of nitrogens with two attached hydrogens (primary N) is 1. The number of hydrazine groups is 1. The summed E-state index contributed by atoms with van der Waals surface area (Å²) in [6.45, 7) is 0. The second-order valence-corrected chi connectivity index (χ2v) is 6.28. The first-order valence-corrected chi connectivity index (χ1v) is 8.16. The summed E-state index contributed by atoms with van der Waals surface area (Å²) in [5.74, 6) is 0.314. The lowest BCUT2D eigenvalue weighted by atomic mass is 10.1. The number of amides is 3. The average molecular weight is 364 g/mol. The first-order valence-electron chi connectivity index (χ1n) is 7.35. The fourth-order valence-electron chi connectivity index (χ4n) is 1.95. The maximum absolute atomic E-state index is 11.8. The molecule has 1 heterocycles. The molecule has 0 radical (unpaired) electrons. The van der Waals surface area contributed by atoms with Crippen molar-refractivity contribution in [2.24, 2.45) is 0 Å². The van der Waals surface area contributed by atoms with Crippen molar-refractivity contribution in [2.75, 3.05) is 32.2 Å². The number of nitrogen functional groups attached to an aromatic ring is 1. The molecule has 25 heavy (non-hydrogen) atoms. The first-order chi connectivity index (χ1) is 11.9. The Morgan fingerprint density at radius 2 is 2.12 bits per heavy atom. The van der Waals surface area contributed by atoms with Crippen LogP contribution < -0.4 is 26.5 Å². The van der Waals surface area contributed by atoms with Crippen LogP contribution in [0.1, 0.15) is 5.56 Å². The fourth-order valence-corrected chi connectivity index (χ4v) is 2.49. The van der Waals surface area contributed by atoms with Gasteiger partial charge < -0.3 is 21.1 Å². The second kappa shape index (κ2) is 8.31. The summed E-state index contributed by atoms with van der Waals surface area (Å²) in [6.07, 6.45) is 1.62. The average Bonchev–Trinajstić information content (AvgIpc) is 2.94. The third kappa shape index (κ3) is 5.62. The van der Waals surface area contributed by atoms with E-state index < -0.39 is 0 Å². The van der Waals surface area contributed by atoms with Gasteiger partial charge in [0.25, 0.3) is 0 Å². The predicted octanol–water partition coefficient (Wildman–Crippen LogP) is 1.40. The van der Waals surface area contributed by atoms with Gasteiger partial charge in [-0.2, -0.15) is 0 Å². The summed E-state index contributed by atoms with van der Waals surface area (Å²) in [7, 11) is 4.96. The Morgan fingerprint density at radius 3 is 2.72 bits per heavy atom. The van der Waals surface area contributed by atoms with E-state index in [0.717, 1.165) is 0 Å². The number of urea groups is 1. The number of anilines is 2. The Morgan fingerprint density at radius 1 is 1.36 bits per heavy atom. The molecular weight excluding hydrogens is 344 g/mol. The molecule has 0 spiro atoms. The molecule has 0 saturated carbocycles. The Kier molecular flexibility index (Phi) is 6.14. The maximum atomic E-state index is 11.8. The van der Waals surface area contributed by atoms with Crippen LogP contribution in [0.5, 0.6) is 10.8 Å². The van der Waals surface area contributed by atoms with E-state index >= 15 is 0 Å². The smallest absolute Gasteiger partial charge is 0.333 e. The highest BCUT2D eigenvalue weighted by molar-refractivity contribution is 7.17. The fraction of sp³-hybridized carbons (Fsp3) is 0.267. The molecule has 2 aromatic rings. The molecule has 3 amide bonds. The Hall–Kier alpha value is -2.85. The molecular formula is C15H20N6O3S. The van der Waals surface area contributed by atoms with Crippen molar-refractivity contribution in [2.45, 2.75) is 6.42 Å². The zero-order valence-electron chi connectivity index (χ0n) is 14.1. The molecule has 0 aliphatic carbocycles. The molecule has 0 saturated heterocycles. The number of hydrogen-bond acceptors (Lipinski definition) is 7. The van der Waals surface area contributed by atoms with Gasteiger partial charge in [0.1, 0.15) is 5.75 Å². The highest BCUT2D eigenvalue weighted by Crippen LogP contribution is 2.32. The molecule has 0 aliphatic heterocycles. The maximum Gasteiger partial charge on any atom is 0.333 e. The number of nitrogens with zero attached hydrogens (tertiary/aromatic N) is 2. The van der Waals surface area contributed by atoms with E-state index in [0.29, 0.717) is 27.2 Å². The number of benzene rings is 1. The van der Waals surface area contributed by atoms with Crippen LogP contribution in [-0.4, -0.2) is 43.1 Å². The van der Waals surface area contributed by atoms with Gasteiger partial charge >= 0.3 is 6.03 Å². The van der Waals surface area contributed by atoms with Gasteiger partial charge in [-0.3, -0.25) is 10.2 Å². The number of ether oxygens (including phenoxy) is 1. The molecule has 0 unspecified atom stereocenters. The van der Waals surface area contributed by atoms with Crippen LogP contribution >= 0.6 is 11.3 Å². The van der Waals surface area contributed by atoms with E-state index in [1.165, 1.54) is 22.5 Å². The number of aromatic nitrogens is 1. The van der Waals surface area contributed by atoms with Crippen LogP contribution in [0, 0.1) is 0 Å². The molecule has 10 heteroatoms. The molecule has 2 rings (SSSR count). The zero-order valence-corrected chi connectivity index (χ0v) is 14.9. The van der Waals surface area contributed by atoms with E-state index in [4.69, 9.17) is 10.5 Å². The lowest BCUT2D eigenvalue weighted by Gasteiger charge is -2.15. The topological polar surface area (TPSA) is 122 Å². The normalized spacial score (nSPS) is 10.4. The zero-order chi connectivity index (χ0) is 18.4. The minimum atomic E-state index is -0.389. The summed E-state index contributed by atoms with van der Waals surface area (Å²) in [6, 6.07) is 4.66. The van der Waals surface area contributed by atoms with Gasteiger partial charge in [-0.05, 0) is 18.2 Å². The molecule has 0 aliphatic rings. The molecule has 1 aromatic heterocycles. The van der Waals surface area contributed by atoms with Crippen LogP contribution in [0.25, 0.3) is 0 Å². The van der Waals surface area contributed by atoms with E-state index in [9.17, 15) is 9.59 Å². The lowest BCUT2D eigenvalue weighted by molar-refractivity contribution is -0.119. The van der Waals surface area contributed by atoms with Crippen LogP contribution in [0.15, 0.2) is 24.4 Å². The van der Waals surface area contributed by atoms with Crippen LogP contribution in [0.4, 0.5) is 15.6 Å². The van der Waals surface area contributed by atoms with Gasteiger partial charge in [0.05, 0.1) is 12.6 Å². The van der Waals surface area contributed by atoms with Crippen LogP contribution in [0.2, 0.25) is 0 Å². The van der Waals surface area contributed by atoms with Crippen molar-refractivity contribution >= 4 is 34.1 Å². The molecule has 0 fully saturated rings. The van der Waals surface area contributed by atoms with E-state index in [2.05, 4.69) is 21.0 Å².